The van der Waals surface area contributed by atoms with Crippen molar-refractivity contribution >= 4 is 12.0 Å². The first-order valence-corrected chi connectivity index (χ1v) is 6.78. The van der Waals surface area contributed by atoms with Crippen LogP contribution in [0.1, 0.15) is 17.5 Å². The number of hydrogen-bond acceptors (Lipinski definition) is 3. The molecule has 20 heavy (non-hydrogen) atoms. The number of carbonyl (C=O) groups excluding carboxylic acids is 2. The largest absolute Gasteiger partial charge is 0.444 e. The van der Waals surface area contributed by atoms with E-state index in [2.05, 4.69) is 5.32 Å². The number of amides is 2. The third kappa shape index (κ3) is 3.98. The van der Waals surface area contributed by atoms with E-state index in [4.69, 9.17) is 4.74 Å². The van der Waals surface area contributed by atoms with E-state index in [0.29, 0.717) is 25.9 Å². The summed E-state index contributed by atoms with van der Waals surface area (Å²) >= 11 is 0. The van der Waals surface area contributed by atoms with Crippen LogP contribution in [0.5, 0.6) is 0 Å². The predicted octanol–water partition coefficient (Wildman–Crippen LogP) is 1.49. The zero-order chi connectivity index (χ0) is 14.5. The van der Waals surface area contributed by atoms with Crippen molar-refractivity contribution < 1.29 is 14.3 Å². The molecular weight excluding hydrogens is 256 g/mol. The van der Waals surface area contributed by atoms with Gasteiger partial charge in [-0.2, -0.15) is 0 Å². The van der Waals surface area contributed by atoms with E-state index in [1.807, 2.05) is 31.2 Å². The molecule has 1 atom stereocenters. The fourth-order valence-corrected chi connectivity index (χ4v) is 2.24. The first kappa shape index (κ1) is 14.4. The highest BCUT2D eigenvalue weighted by atomic mass is 16.6. The van der Waals surface area contributed by atoms with Crippen LogP contribution in [0.25, 0.3) is 0 Å². The number of nitrogens with zero attached hydrogens (tertiary/aromatic N) is 1. The van der Waals surface area contributed by atoms with Gasteiger partial charge in [-0.15, -0.1) is 0 Å². The Labute approximate surface area is 118 Å². The van der Waals surface area contributed by atoms with Crippen LogP contribution in [0.3, 0.4) is 0 Å². The summed E-state index contributed by atoms with van der Waals surface area (Å²) in [6.45, 7) is 3.12. The summed E-state index contributed by atoms with van der Waals surface area (Å²) in [5.74, 6) is -0.00622. The summed E-state index contributed by atoms with van der Waals surface area (Å²) in [6.07, 6.45) is 0.620. The fraction of sp³-hybridized carbons (Fsp3) is 0.467. The molecule has 1 aromatic rings. The number of likely N-dealkylation sites (N-methyl/N-ethyl adjacent to an activating group) is 1. The standard InChI is InChI=1S/C15H20N2O3/c1-11-4-3-5-12(8-11)9-14(18)16-7-6-13-10-17(2)15(19)20-13/h3-5,8,13H,6-7,9-10H2,1-2H3,(H,16,18). The number of nitrogens with one attached hydrogen (secondary N) is 1. The van der Waals surface area contributed by atoms with Crippen LogP contribution in [0.4, 0.5) is 4.79 Å². The lowest BCUT2D eigenvalue weighted by Crippen LogP contribution is -2.29. The Balaban J connectivity index is 1.69. The Morgan fingerprint density at radius 3 is 2.95 bits per heavy atom. The van der Waals surface area contributed by atoms with Crippen molar-refractivity contribution in [1.82, 2.24) is 10.2 Å². The Kier molecular flexibility index (Phi) is 4.61. The van der Waals surface area contributed by atoms with Crippen LogP contribution < -0.4 is 5.32 Å². The molecule has 1 aliphatic rings. The maximum atomic E-state index is 11.8. The molecule has 1 aromatic carbocycles. The van der Waals surface area contributed by atoms with E-state index in [1.165, 1.54) is 0 Å². The molecule has 0 bridgehead atoms. The number of hydrogen-bond donors (Lipinski definition) is 1. The minimum absolute atomic E-state index is 0.00622. The van der Waals surface area contributed by atoms with E-state index in [9.17, 15) is 9.59 Å². The van der Waals surface area contributed by atoms with Crippen molar-refractivity contribution in [2.24, 2.45) is 0 Å². The number of benzene rings is 1. The van der Waals surface area contributed by atoms with Crippen LogP contribution >= 0.6 is 0 Å². The molecular formula is C15H20N2O3. The van der Waals surface area contributed by atoms with Crippen LogP contribution in [-0.2, 0) is 16.0 Å². The van der Waals surface area contributed by atoms with E-state index in [1.54, 1.807) is 11.9 Å². The van der Waals surface area contributed by atoms with E-state index < -0.39 is 0 Å². The zero-order valence-electron chi connectivity index (χ0n) is 11.9. The number of carbonyl (C=O) groups is 2. The van der Waals surface area contributed by atoms with Gasteiger partial charge in [0.1, 0.15) is 6.10 Å². The lowest BCUT2D eigenvalue weighted by atomic mass is 10.1. The molecule has 1 aliphatic heterocycles. The molecule has 0 aromatic heterocycles. The highest BCUT2D eigenvalue weighted by Gasteiger charge is 2.27. The van der Waals surface area contributed by atoms with Crippen LogP contribution in [0, 0.1) is 6.92 Å². The van der Waals surface area contributed by atoms with Gasteiger partial charge in [0.05, 0.1) is 13.0 Å². The summed E-state index contributed by atoms with van der Waals surface area (Å²) in [6, 6.07) is 7.91. The quantitative estimate of drug-likeness (QED) is 0.886. The lowest BCUT2D eigenvalue weighted by molar-refractivity contribution is -0.120. The average Bonchev–Trinajstić information content (AvgIpc) is 2.68. The molecule has 5 heteroatoms. The Bertz CT molecular complexity index is 502. The van der Waals surface area contributed by atoms with Crippen molar-refractivity contribution in [3.63, 3.8) is 0 Å². The first-order valence-electron chi connectivity index (χ1n) is 6.78. The molecule has 1 unspecified atom stereocenters. The molecule has 0 radical (unpaired) electrons. The molecule has 0 spiro atoms. The van der Waals surface area contributed by atoms with Gasteiger partial charge < -0.3 is 15.0 Å². The second-order valence-electron chi connectivity index (χ2n) is 5.19. The second-order valence-corrected chi connectivity index (χ2v) is 5.19. The maximum Gasteiger partial charge on any atom is 0.409 e. The molecule has 108 valence electrons. The minimum atomic E-state index is -0.291. The number of aryl methyl sites for hydroxylation is 1. The summed E-state index contributed by atoms with van der Waals surface area (Å²) in [5, 5.41) is 2.86. The van der Waals surface area contributed by atoms with Gasteiger partial charge in [-0.25, -0.2) is 4.79 Å². The second kappa shape index (κ2) is 6.41. The fourth-order valence-electron chi connectivity index (χ4n) is 2.24. The van der Waals surface area contributed by atoms with Crippen LogP contribution in [-0.4, -0.2) is 43.1 Å². The van der Waals surface area contributed by atoms with E-state index in [-0.39, 0.29) is 18.1 Å². The number of ether oxygens (including phenoxy) is 1. The highest BCUT2D eigenvalue weighted by Crippen LogP contribution is 2.11. The molecule has 1 fully saturated rings. The topological polar surface area (TPSA) is 58.6 Å². The van der Waals surface area contributed by atoms with Gasteiger partial charge in [-0.3, -0.25) is 4.79 Å². The van der Waals surface area contributed by atoms with Crippen molar-refractivity contribution in [2.75, 3.05) is 20.1 Å². The van der Waals surface area contributed by atoms with Crippen molar-refractivity contribution in [2.45, 2.75) is 25.9 Å². The van der Waals surface area contributed by atoms with Gasteiger partial charge in [0.25, 0.3) is 0 Å². The Morgan fingerprint density at radius 1 is 1.50 bits per heavy atom. The van der Waals surface area contributed by atoms with Gasteiger partial charge in [-0.05, 0) is 12.5 Å². The maximum absolute atomic E-state index is 11.8. The van der Waals surface area contributed by atoms with Gasteiger partial charge >= 0.3 is 6.09 Å². The summed E-state index contributed by atoms with van der Waals surface area (Å²) in [7, 11) is 1.71. The smallest absolute Gasteiger partial charge is 0.409 e. The molecule has 5 nitrogen and oxygen atoms in total. The SMILES string of the molecule is Cc1cccc(CC(=O)NCCC2CN(C)C(=O)O2)c1. The normalized spacial score (nSPS) is 18.0. The van der Waals surface area contributed by atoms with Crippen LogP contribution in [0.2, 0.25) is 0 Å². The molecule has 1 heterocycles. The summed E-state index contributed by atoms with van der Waals surface area (Å²) in [5.41, 5.74) is 2.16. The Morgan fingerprint density at radius 2 is 2.30 bits per heavy atom. The summed E-state index contributed by atoms with van der Waals surface area (Å²) in [4.78, 5) is 24.5. The predicted molar refractivity (Wildman–Crippen MR) is 75.4 cm³/mol. The zero-order valence-corrected chi connectivity index (χ0v) is 11.9. The third-order valence-electron chi connectivity index (χ3n) is 3.29. The summed E-state index contributed by atoms with van der Waals surface area (Å²) < 4.78 is 5.13. The minimum Gasteiger partial charge on any atom is -0.444 e. The lowest BCUT2D eigenvalue weighted by Gasteiger charge is -2.09. The molecule has 2 amide bonds. The van der Waals surface area contributed by atoms with E-state index in [0.717, 1.165) is 11.1 Å². The average molecular weight is 276 g/mol. The molecule has 1 saturated heterocycles. The van der Waals surface area contributed by atoms with Crippen molar-refractivity contribution in [3.05, 3.63) is 35.4 Å². The van der Waals surface area contributed by atoms with Gasteiger partial charge in [0.15, 0.2) is 0 Å². The molecule has 0 aliphatic carbocycles. The van der Waals surface area contributed by atoms with Crippen LogP contribution in [0.15, 0.2) is 24.3 Å². The highest BCUT2D eigenvalue weighted by molar-refractivity contribution is 5.78. The molecule has 0 saturated carbocycles. The third-order valence-corrected chi connectivity index (χ3v) is 3.29. The van der Waals surface area contributed by atoms with Gasteiger partial charge in [-0.1, -0.05) is 29.8 Å². The molecule has 1 N–H and O–H groups in total. The first-order chi connectivity index (χ1) is 9.54. The van der Waals surface area contributed by atoms with Gasteiger partial charge in [0.2, 0.25) is 5.91 Å². The number of rotatable bonds is 5. The number of cyclic esters (lactones) is 1. The van der Waals surface area contributed by atoms with Crippen molar-refractivity contribution in [3.8, 4) is 0 Å². The van der Waals surface area contributed by atoms with E-state index >= 15 is 0 Å². The van der Waals surface area contributed by atoms with Crippen molar-refractivity contribution in [1.29, 1.82) is 0 Å². The van der Waals surface area contributed by atoms with Gasteiger partial charge in [0, 0.05) is 20.0 Å². The Hall–Kier alpha value is -2.04. The molecule has 2 rings (SSSR count). The monoisotopic (exact) mass is 276 g/mol.